The van der Waals surface area contributed by atoms with Crippen LogP contribution in [0.5, 0.6) is 0 Å². The third-order valence-corrected chi connectivity index (χ3v) is 5.35. The average molecular weight is 289 g/mol. The largest absolute Gasteiger partial charge is 0.315 e. The van der Waals surface area contributed by atoms with Crippen LogP contribution in [-0.2, 0) is 17.6 Å². The van der Waals surface area contributed by atoms with Crippen molar-refractivity contribution in [2.45, 2.75) is 51.0 Å². The van der Waals surface area contributed by atoms with Crippen molar-refractivity contribution in [3.05, 3.63) is 16.0 Å². The summed E-state index contributed by atoms with van der Waals surface area (Å²) in [6.07, 6.45) is 7.47. The molecule has 0 aromatic carbocycles. The standard InChI is InChI=1S/C15H19N3OS/c16-9-11-10-5-4-7-13(10)20-15(11)18-14(19)12-6-2-1-3-8-17-12/h12,17H,1-8H2,(H,18,19). The number of amides is 1. The van der Waals surface area contributed by atoms with Crippen molar-refractivity contribution in [2.24, 2.45) is 0 Å². The lowest BCUT2D eigenvalue weighted by molar-refractivity contribution is -0.118. The van der Waals surface area contributed by atoms with Gasteiger partial charge in [0.25, 0.3) is 0 Å². The molecule has 106 valence electrons. The summed E-state index contributed by atoms with van der Waals surface area (Å²) < 4.78 is 0. The molecule has 4 nitrogen and oxygen atoms in total. The van der Waals surface area contributed by atoms with Crippen molar-refractivity contribution < 1.29 is 4.79 Å². The second-order valence-electron chi connectivity index (χ2n) is 5.52. The van der Waals surface area contributed by atoms with E-state index in [1.807, 2.05) is 0 Å². The fourth-order valence-electron chi connectivity index (χ4n) is 3.06. The van der Waals surface area contributed by atoms with E-state index < -0.39 is 0 Å². The van der Waals surface area contributed by atoms with Crippen molar-refractivity contribution in [1.29, 1.82) is 5.26 Å². The first-order valence-electron chi connectivity index (χ1n) is 7.38. The molecule has 0 saturated carbocycles. The Kier molecular flexibility index (Phi) is 4.04. The van der Waals surface area contributed by atoms with Gasteiger partial charge in [-0.2, -0.15) is 5.26 Å². The molecule has 5 heteroatoms. The minimum Gasteiger partial charge on any atom is -0.315 e. The fraction of sp³-hybridized carbons (Fsp3) is 0.600. The molecular weight excluding hydrogens is 270 g/mol. The summed E-state index contributed by atoms with van der Waals surface area (Å²) in [5.41, 5.74) is 1.87. The van der Waals surface area contributed by atoms with Crippen LogP contribution in [0.1, 0.15) is 48.1 Å². The monoisotopic (exact) mass is 289 g/mol. The van der Waals surface area contributed by atoms with Crippen molar-refractivity contribution in [1.82, 2.24) is 5.32 Å². The van der Waals surface area contributed by atoms with E-state index in [-0.39, 0.29) is 11.9 Å². The third kappa shape index (κ3) is 2.58. The van der Waals surface area contributed by atoms with E-state index in [9.17, 15) is 10.1 Å². The molecule has 2 heterocycles. The van der Waals surface area contributed by atoms with Gasteiger partial charge in [0, 0.05) is 4.88 Å². The molecule has 1 aromatic rings. The van der Waals surface area contributed by atoms with Crippen LogP contribution in [0, 0.1) is 11.3 Å². The molecule has 0 spiro atoms. The van der Waals surface area contributed by atoms with Crippen LogP contribution >= 0.6 is 11.3 Å². The van der Waals surface area contributed by atoms with E-state index in [1.165, 1.54) is 16.9 Å². The maximum absolute atomic E-state index is 12.3. The number of nitrogens with one attached hydrogen (secondary N) is 2. The van der Waals surface area contributed by atoms with Crippen molar-refractivity contribution >= 4 is 22.2 Å². The van der Waals surface area contributed by atoms with Crippen LogP contribution in [0.25, 0.3) is 0 Å². The molecule has 1 amide bonds. The zero-order valence-electron chi connectivity index (χ0n) is 11.5. The predicted molar refractivity (Wildman–Crippen MR) is 79.9 cm³/mol. The average Bonchev–Trinajstić information content (AvgIpc) is 2.88. The number of hydrogen-bond acceptors (Lipinski definition) is 4. The number of hydrogen-bond donors (Lipinski definition) is 2. The maximum Gasteiger partial charge on any atom is 0.242 e. The zero-order valence-corrected chi connectivity index (χ0v) is 12.3. The van der Waals surface area contributed by atoms with E-state index in [0.717, 1.165) is 50.1 Å². The Morgan fingerprint density at radius 3 is 3.05 bits per heavy atom. The van der Waals surface area contributed by atoms with Gasteiger partial charge in [0.15, 0.2) is 0 Å². The Morgan fingerprint density at radius 2 is 2.20 bits per heavy atom. The highest BCUT2D eigenvalue weighted by Gasteiger charge is 2.25. The molecule has 3 rings (SSSR count). The first kappa shape index (κ1) is 13.6. The van der Waals surface area contributed by atoms with Gasteiger partial charge in [-0.25, -0.2) is 0 Å². The van der Waals surface area contributed by atoms with Gasteiger partial charge in [-0.1, -0.05) is 12.8 Å². The summed E-state index contributed by atoms with van der Waals surface area (Å²) in [5.74, 6) is 0.0170. The number of carbonyl (C=O) groups excluding carboxylic acids is 1. The van der Waals surface area contributed by atoms with Crippen molar-refractivity contribution in [3.8, 4) is 6.07 Å². The highest BCUT2D eigenvalue weighted by Crippen LogP contribution is 2.38. The Bertz CT molecular complexity index is 550. The van der Waals surface area contributed by atoms with E-state index in [0.29, 0.717) is 5.56 Å². The van der Waals surface area contributed by atoms with E-state index in [2.05, 4.69) is 16.7 Å². The van der Waals surface area contributed by atoms with Crippen molar-refractivity contribution in [3.63, 3.8) is 0 Å². The number of aryl methyl sites for hydroxylation is 1. The Labute approximate surface area is 123 Å². The number of thiophene rings is 1. The van der Waals surface area contributed by atoms with Crippen molar-refractivity contribution in [2.75, 3.05) is 11.9 Å². The second-order valence-corrected chi connectivity index (χ2v) is 6.62. The lowest BCUT2D eigenvalue weighted by Gasteiger charge is -2.15. The topological polar surface area (TPSA) is 64.9 Å². The summed E-state index contributed by atoms with van der Waals surface area (Å²) in [6, 6.07) is 2.16. The Morgan fingerprint density at radius 1 is 1.30 bits per heavy atom. The SMILES string of the molecule is N#Cc1c(NC(=O)C2CCCCCN2)sc2c1CCC2. The number of rotatable bonds is 2. The van der Waals surface area contributed by atoms with Gasteiger partial charge < -0.3 is 10.6 Å². The molecule has 2 aliphatic rings. The number of carbonyl (C=O) groups is 1. The van der Waals surface area contributed by atoms with E-state index in [4.69, 9.17) is 0 Å². The van der Waals surface area contributed by atoms with Gasteiger partial charge in [0.1, 0.15) is 11.1 Å². The number of nitriles is 1. The number of fused-ring (bicyclic) bond motifs is 1. The van der Waals surface area contributed by atoms with Crippen LogP contribution in [0.3, 0.4) is 0 Å². The summed E-state index contributed by atoms with van der Waals surface area (Å²) in [4.78, 5) is 13.6. The molecule has 1 fully saturated rings. The molecule has 0 radical (unpaired) electrons. The molecule has 1 aliphatic heterocycles. The van der Waals surface area contributed by atoms with E-state index in [1.54, 1.807) is 11.3 Å². The minimum atomic E-state index is -0.110. The third-order valence-electron chi connectivity index (χ3n) is 4.15. The first-order valence-corrected chi connectivity index (χ1v) is 8.20. The number of anilines is 1. The fourth-order valence-corrected chi connectivity index (χ4v) is 4.30. The highest BCUT2D eigenvalue weighted by molar-refractivity contribution is 7.16. The highest BCUT2D eigenvalue weighted by atomic mass is 32.1. The molecule has 1 aromatic heterocycles. The van der Waals surface area contributed by atoms with Crippen LogP contribution < -0.4 is 10.6 Å². The van der Waals surface area contributed by atoms with Crippen LogP contribution in [0.4, 0.5) is 5.00 Å². The Balaban J connectivity index is 1.74. The summed E-state index contributed by atoms with van der Waals surface area (Å²) in [6.45, 7) is 0.907. The van der Waals surface area contributed by atoms with Gasteiger partial charge >= 0.3 is 0 Å². The Hall–Kier alpha value is -1.38. The molecule has 0 bridgehead atoms. The quantitative estimate of drug-likeness (QED) is 0.879. The van der Waals surface area contributed by atoms with Gasteiger partial charge in [0.05, 0.1) is 11.6 Å². The summed E-state index contributed by atoms with van der Waals surface area (Å²) in [7, 11) is 0. The molecule has 1 atom stereocenters. The lowest BCUT2D eigenvalue weighted by atomic mass is 10.1. The van der Waals surface area contributed by atoms with Crippen LogP contribution in [0.15, 0.2) is 0 Å². The molecular formula is C15H19N3OS. The maximum atomic E-state index is 12.3. The summed E-state index contributed by atoms with van der Waals surface area (Å²) >= 11 is 1.59. The van der Waals surface area contributed by atoms with Gasteiger partial charge in [0.2, 0.25) is 5.91 Å². The molecule has 20 heavy (non-hydrogen) atoms. The predicted octanol–water partition coefficient (Wildman–Crippen LogP) is 2.58. The van der Waals surface area contributed by atoms with E-state index >= 15 is 0 Å². The second kappa shape index (κ2) is 5.94. The minimum absolute atomic E-state index is 0.0170. The first-order chi connectivity index (χ1) is 9.79. The zero-order chi connectivity index (χ0) is 13.9. The van der Waals surface area contributed by atoms with Crippen LogP contribution in [0.2, 0.25) is 0 Å². The molecule has 2 N–H and O–H groups in total. The molecule has 1 aliphatic carbocycles. The lowest BCUT2D eigenvalue weighted by Crippen LogP contribution is -2.39. The molecule has 1 unspecified atom stereocenters. The van der Waals surface area contributed by atoms with Gasteiger partial charge in [-0.3, -0.25) is 4.79 Å². The van der Waals surface area contributed by atoms with Gasteiger partial charge in [-0.05, 0) is 44.2 Å². The number of nitrogens with zero attached hydrogens (tertiary/aromatic N) is 1. The summed E-state index contributed by atoms with van der Waals surface area (Å²) in [5, 5.41) is 16.4. The van der Waals surface area contributed by atoms with Gasteiger partial charge in [-0.15, -0.1) is 11.3 Å². The smallest absolute Gasteiger partial charge is 0.242 e. The molecule has 1 saturated heterocycles. The van der Waals surface area contributed by atoms with Crippen LogP contribution in [-0.4, -0.2) is 18.5 Å². The normalized spacial score (nSPS) is 21.9.